The Morgan fingerprint density at radius 2 is 2.13 bits per heavy atom. The fraction of sp³-hybridized carbons (Fsp3) is 0.320. The summed E-state index contributed by atoms with van der Waals surface area (Å²) < 4.78 is 7.17. The van der Waals surface area contributed by atoms with Crippen molar-refractivity contribution in [3.8, 4) is 5.75 Å². The molecule has 0 amide bonds. The molecule has 0 atom stereocenters. The van der Waals surface area contributed by atoms with Crippen LogP contribution in [0.15, 0.2) is 48.7 Å². The van der Waals surface area contributed by atoms with E-state index in [1.165, 1.54) is 21.2 Å². The van der Waals surface area contributed by atoms with Crippen LogP contribution in [0.3, 0.4) is 0 Å². The van der Waals surface area contributed by atoms with Crippen molar-refractivity contribution in [2.24, 2.45) is 0 Å². The molecule has 2 aromatic carbocycles. The number of fused-ring (bicyclic) bond motifs is 2. The number of rotatable bonds is 7. The minimum Gasteiger partial charge on any atom is -0.494 e. The number of halogens is 1. The number of thiazole rings is 1. The van der Waals surface area contributed by atoms with Crippen molar-refractivity contribution in [3.63, 3.8) is 0 Å². The number of ether oxygens (including phenoxy) is 1. The fourth-order valence-electron chi connectivity index (χ4n) is 4.26. The van der Waals surface area contributed by atoms with Crippen LogP contribution >= 0.6 is 22.9 Å². The van der Waals surface area contributed by atoms with Crippen LogP contribution in [0.5, 0.6) is 5.75 Å². The average Bonchev–Trinajstić information content (AvgIpc) is 3.35. The Kier molecular flexibility index (Phi) is 5.99. The van der Waals surface area contributed by atoms with Crippen LogP contribution in [-0.2, 0) is 0 Å². The van der Waals surface area contributed by atoms with Gasteiger partial charge >= 0.3 is 0 Å². The SMILES string of the molecule is Cc1nc2cc(OCCCCN3CC=C(c4c[nH]c5ccc(Cl)cc45)CC3)ccc2s1. The van der Waals surface area contributed by atoms with Crippen molar-refractivity contribution < 1.29 is 4.74 Å². The summed E-state index contributed by atoms with van der Waals surface area (Å²) in [5.41, 5.74) is 4.89. The first-order valence-electron chi connectivity index (χ1n) is 10.8. The topological polar surface area (TPSA) is 41.1 Å². The average molecular weight is 452 g/mol. The predicted octanol–water partition coefficient (Wildman–Crippen LogP) is 6.69. The molecular weight excluding hydrogens is 426 g/mol. The molecule has 0 aliphatic carbocycles. The molecule has 0 unspecified atom stereocenters. The summed E-state index contributed by atoms with van der Waals surface area (Å²) >= 11 is 7.93. The molecule has 160 valence electrons. The monoisotopic (exact) mass is 451 g/mol. The number of aryl methyl sites for hydroxylation is 1. The predicted molar refractivity (Wildman–Crippen MR) is 131 cm³/mol. The molecule has 1 N–H and O–H groups in total. The summed E-state index contributed by atoms with van der Waals surface area (Å²) in [5, 5.41) is 3.10. The second-order valence-corrected chi connectivity index (χ2v) is 9.76. The number of aromatic nitrogens is 2. The Morgan fingerprint density at radius 3 is 3.00 bits per heavy atom. The molecule has 6 heteroatoms. The van der Waals surface area contributed by atoms with Crippen LogP contribution in [0.2, 0.25) is 5.02 Å². The molecule has 31 heavy (non-hydrogen) atoms. The molecule has 0 saturated carbocycles. The smallest absolute Gasteiger partial charge is 0.121 e. The van der Waals surface area contributed by atoms with Gasteiger partial charge in [-0.3, -0.25) is 4.90 Å². The van der Waals surface area contributed by atoms with Gasteiger partial charge in [0.25, 0.3) is 0 Å². The van der Waals surface area contributed by atoms with E-state index >= 15 is 0 Å². The van der Waals surface area contributed by atoms with Crippen LogP contribution in [-0.4, -0.2) is 41.1 Å². The molecule has 1 aliphatic rings. The number of benzene rings is 2. The molecule has 4 nitrogen and oxygen atoms in total. The van der Waals surface area contributed by atoms with Gasteiger partial charge in [-0.15, -0.1) is 11.3 Å². The van der Waals surface area contributed by atoms with E-state index in [0.717, 1.165) is 72.3 Å². The lowest BCUT2D eigenvalue weighted by molar-refractivity contribution is 0.265. The summed E-state index contributed by atoms with van der Waals surface area (Å²) in [6.45, 7) is 6.00. The maximum Gasteiger partial charge on any atom is 0.121 e. The standard InChI is InChI=1S/C25H26ClN3OS/c1-17-28-24-15-20(5-7-25(24)31-17)30-13-3-2-10-29-11-8-18(9-12-29)22-16-27-23-6-4-19(26)14-21(22)23/h4-8,14-16,27H,2-3,9-13H2,1H3. The van der Waals surface area contributed by atoms with Gasteiger partial charge in [-0.05, 0) is 68.6 Å². The van der Waals surface area contributed by atoms with Gasteiger partial charge in [0, 0.05) is 46.8 Å². The Morgan fingerprint density at radius 1 is 1.19 bits per heavy atom. The normalized spacial score (nSPS) is 15.0. The van der Waals surface area contributed by atoms with E-state index in [-0.39, 0.29) is 0 Å². The zero-order valence-electron chi connectivity index (χ0n) is 17.7. The largest absolute Gasteiger partial charge is 0.494 e. The van der Waals surface area contributed by atoms with Crippen molar-refractivity contribution in [3.05, 3.63) is 64.3 Å². The van der Waals surface area contributed by atoms with E-state index in [0.29, 0.717) is 0 Å². The number of unbranched alkanes of at least 4 members (excludes halogenated alkanes) is 1. The van der Waals surface area contributed by atoms with Gasteiger partial charge in [0.1, 0.15) is 5.75 Å². The molecular formula is C25H26ClN3OS. The first-order chi connectivity index (χ1) is 15.2. The summed E-state index contributed by atoms with van der Waals surface area (Å²) in [6.07, 6.45) is 7.76. The van der Waals surface area contributed by atoms with E-state index < -0.39 is 0 Å². The fourth-order valence-corrected chi connectivity index (χ4v) is 5.24. The Hall–Kier alpha value is -2.34. The summed E-state index contributed by atoms with van der Waals surface area (Å²) in [6, 6.07) is 12.2. The van der Waals surface area contributed by atoms with Gasteiger partial charge in [-0.1, -0.05) is 17.7 Å². The van der Waals surface area contributed by atoms with Crippen molar-refractivity contribution in [1.82, 2.24) is 14.9 Å². The first kappa shape index (κ1) is 20.6. The maximum atomic E-state index is 6.20. The van der Waals surface area contributed by atoms with Gasteiger partial charge in [-0.25, -0.2) is 4.98 Å². The molecule has 0 radical (unpaired) electrons. The number of aromatic amines is 1. The summed E-state index contributed by atoms with van der Waals surface area (Å²) in [4.78, 5) is 10.4. The molecule has 3 heterocycles. The summed E-state index contributed by atoms with van der Waals surface area (Å²) in [5.74, 6) is 0.919. The number of nitrogens with zero attached hydrogens (tertiary/aromatic N) is 2. The second kappa shape index (κ2) is 9.03. The highest BCUT2D eigenvalue weighted by molar-refractivity contribution is 7.18. The summed E-state index contributed by atoms with van der Waals surface area (Å²) in [7, 11) is 0. The third-order valence-electron chi connectivity index (χ3n) is 5.89. The second-order valence-electron chi connectivity index (χ2n) is 8.09. The highest BCUT2D eigenvalue weighted by Crippen LogP contribution is 2.31. The highest BCUT2D eigenvalue weighted by atomic mass is 35.5. The van der Waals surface area contributed by atoms with E-state index in [1.54, 1.807) is 11.3 Å². The van der Waals surface area contributed by atoms with Crippen LogP contribution in [0.1, 0.15) is 29.8 Å². The number of H-pyrrole nitrogens is 1. The van der Waals surface area contributed by atoms with Crippen molar-refractivity contribution in [1.29, 1.82) is 0 Å². The molecule has 1 aliphatic heterocycles. The molecule has 0 fully saturated rings. The lowest BCUT2D eigenvalue weighted by Crippen LogP contribution is -2.29. The van der Waals surface area contributed by atoms with Crippen LogP contribution in [0.4, 0.5) is 0 Å². The lowest BCUT2D eigenvalue weighted by atomic mass is 9.99. The van der Waals surface area contributed by atoms with Crippen LogP contribution < -0.4 is 4.74 Å². The lowest BCUT2D eigenvalue weighted by Gasteiger charge is -2.26. The molecule has 2 aromatic heterocycles. The third-order valence-corrected chi connectivity index (χ3v) is 7.07. The quantitative estimate of drug-likeness (QED) is 0.318. The number of hydrogen-bond acceptors (Lipinski definition) is 4. The van der Waals surface area contributed by atoms with Gasteiger partial charge in [0.2, 0.25) is 0 Å². The van der Waals surface area contributed by atoms with Gasteiger partial charge in [0.05, 0.1) is 21.8 Å². The highest BCUT2D eigenvalue weighted by Gasteiger charge is 2.15. The van der Waals surface area contributed by atoms with E-state index in [2.05, 4.69) is 51.4 Å². The third kappa shape index (κ3) is 4.64. The Labute approximate surface area is 191 Å². The van der Waals surface area contributed by atoms with Crippen molar-refractivity contribution in [2.45, 2.75) is 26.2 Å². The maximum absolute atomic E-state index is 6.20. The van der Waals surface area contributed by atoms with Crippen LogP contribution in [0.25, 0.3) is 26.7 Å². The Balaban J connectivity index is 1.09. The number of nitrogens with one attached hydrogen (secondary N) is 1. The van der Waals surface area contributed by atoms with Crippen molar-refractivity contribution in [2.75, 3.05) is 26.2 Å². The molecule has 0 bridgehead atoms. The van der Waals surface area contributed by atoms with Crippen LogP contribution in [0, 0.1) is 6.92 Å². The van der Waals surface area contributed by atoms with E-state index in [4.69, 9.17) is 16.3 Å². The molecule has 0 spiro atoms. The number of hydrogen-bond donors (Lipinski definition) is 1. The van der Waals surface area contributed by atoms with Gasteiger partial charge in [0.15, 0.2) is 0 Å². The van der Waals surface area contributed by atoms with E-state index in [9.17, 15) is 0 Å². The Bertz CT molecular complexity index is 1240. The van der Waals surface area contributed by atoms with Gasteiger partial charge in [-0.2, -0.15) is 0 Å². The minimum atomic E-state index is 0.750. The molecule has 0 saturated heterocycles. The van der Waals surface area contributed by atoms with Crippen molar-refractivity contribution >= 4 is 49.6 Å². The van der Waals surface area contributed by atoms with Gasteiger partial charge < -0.3 is 9.72 Å². The van der Waals surface area contributed by atoms with E-state index in [1.807, 2.05) is 19.1 Å². The first-order valence-corrected chi connectivity index (χ1v) is 12.0. The molecule has 4 aromatic rings. The zero-order valence-corrected chi connectivity index (χ0v) is 19.2. The molecule has 5 rings (SSSR count). The minimum absolute atomic E-state index is 0.750. The zero-order chi connectivity index (χ0) is 21.2.